The predicted molar refractivity (Wildman–Crippen MR) is 114 cm³/mol. The van der Waals surface area contributed by atoms with Crippen molar-refractivity contribution in [3.63, 3.8) is 0 Å². The fourth-order valence-electron chi connectivity index (χ4n) is 3.31. The zero-order chi connectivity index (χ0) is 22.5. The third-order valence-corrected chi connectivity index (χ3v) is 5.79. The maximum atomic E-state index is 14.0. The van der Waals surface area contributed by atoms with Gasteiger partial charge in [-0.2, -0.15) is 8.78 Å². The molecule has 0 N–H and O–H groups in total. The summed E-state index contributed by atoms with van der Waals surface area (Å²) in [6.07, 6.45) is 0. The lowest BCUT2D eigenvalue weighted by Gasteiger charge is -2.27. The molecular formula is C21H21F3N4O3S. The van der Waals surface area contributed by atoms with Crippen molar-refractivity contribution in [3.8, 4) is 17.2 Å². The Kier molecular flexibility index (Phi) is 7.05. The predicted octanol–water partition coefficient (Wildman–Crippen LogP) is 4.15. The number of hydrogen-bond acceptors (Lipinski definition) is 7. The van der Waals surface area contributed by atoms with Crippen molar-refractivity contribution in [3.05, 3.63) is 53.8 Å². The number of alkyl halides is 2. The number of halogens is 3. The zero-order valence-corrected chi connectivity index (χ0v) is 18.0. The molecule has 0 aliphatic carbocycles. The molecule has 0 atom stereocenters. The van der Waals surface area contributed by atoms with Gasteiger partial charge in [-0.3, -0.25) is 4.57 Å². The second kappa shape index (κ2) is 10.1. The van der Waals surface area contributed by atoms with E-state index in [4.69, 9.17) is 9.47 Å². The van der Waals surface area contributed by atoms with Crippen molar-refractivity contribution < 1.29 is 27.4 Å². The van der Waals surface area contributed by atoms with Crippen LogP contribution in [-0.2, 0) is 10.5 Å². The summed E-state index contributed by atoms with van der Waals surface area (Å²) in [5.41, 5.74) is 1.42. The van der Waals surface area contributed by atoms with Crippen LogP contribution in [0.3, 0.4) is 0 Å². The zero-order valence-electron chi connectivity index (χ0n) is 17.2. The first kappa shape index (κ1) is 22.3. The Morgan fingerprint density at radius 2 is 1.91 bits per heavy atom. The van der Waals surface area contributed by atoms with Crippen LogP contribution < -0.4 is 14.4 Å². The largest absolute Gasteiger partial charge is 0.493 e. The van der Waals surface area contributed by atoms with Crippen molar-refractivity contribution in [2.45, 2.75) is 17.5 Å². The number of benzene rings is 2. The van der Waals surface area contributed by atoms with Crippen LogP contribution in [0.15, 0.2) is 47.6 Å². The Morgan fingerprint density at radius 1 is 1.09 bits per heavy atom. The van der Waals surface area contributed by atoms with Crippen molar-refractivity contribution >= 4 is 17.7 Å². The van der Waals surface area contributed by atoms with Gasteiger partial charge in [-0.25, -0.2) is 4.39 Å². The summed E-state index contributed by atoms with van der Waals surface area (Å²) in [4.78, 5) is 2.05. The smallest absolute Gasteiger partial charge is 0.387 e. The molecule has 0 spiro atoms. The fraction of sp³-hybridized carbons (Fsp3) is 0.333. The highest BCUT2D eigenvalue weighted by Gasteiger charge is 2.22. The van der Waals surface area contributed by atoms with E-state index in [-0.39, 0.29) is 17.3 Å². The number of nitrogens with zero attached hydrogens (tertiary/aromatic N) is 4. The Balaban J connectivity index is 1.60. The molecule has 2 aromatic carbocycles. The monoisotopic (exact) mass is 466 g/mol. The summed E-state index contributed by atoms with van der Waals surface area (Å²) in [5, 5.41) is 9.25. The van der Waals surface area contributed by atoms with E-state index in [0.717, 1.165) is 5.56 Å². The number of methoxy groups -OCH3 is 1. The Labute approximate surface area is 187 Å². The van der Waals surface area contributed by atoms with E-state index in [0.29, 0.717) is 48.8 Å². The number of morpholine rings is 1. The van der Waals surface area contributed by atoms with Gasteiger partial charge < -0.3 is 19.1 Å². The van der Waals surface area contributed by atoms with Crippen LogP contribution in [0, 0.1) is 5.82 Å². The second-order valence-electron chi connectivity index (χ2n) is 6.85. The first-order valence-electron chi connectivity index (χ1n) is 9.83. The first-order valence-corrected chi connectivity index (χ1v) is 10.8. The van der Waals surface area contributed by atoms with Crippen LogP contribution in [-0.4, -0.2) is 54.8 Å². The molecule has 3 aromatic rings. The number of aromatic nitrogens is 3. The van der Waals surface area contributed by atoms with E-state index >= 15 is 0 Å². The molecule has 1 aliphatic rings. The Morgan fingerprint density at radius 3 is 2.62 bits per heavy atom. The lowest BCUT2D eigenvalue weighted by Crippen LogP contribution is -2.37. The normalized spacial score (nSPS) is 14.1. The molecule has 11 heteroatoms. The van der Waals surface area contributed by atoms with Gasteiger partial charge in [0.1, 0.15) is 5.82 Å². The van der Waals surface area contributed by atoms with E-state index in [1.165, 1.54) is 37.1 Å². The van der Waals surface area contributed by atoms with Crippen LogP contribution >= 0.6 is 11.8 Å². The minimum absolute atomic E-state index is 0.0335. The van der Waals surface area contributed by atoms with Gasteiger partial charge >= 0.3 is 6.61 Å². The summed E-state index contributed by atoms with van der Waals surface area (Å²) in [5.74, 6) is 0.888. The number of rotatable bonds is 8. The molecule has 1 fully saturated rings. The number of anilines is 1. The Hall–Kier alpha value is -2.92. The molecule has 1 saturated heterocycles. The second-order valence-corrected chi connectivity index (χ2v) is 7.79. The van der Waals surface area contributed by atoms with Gasteiger partial charge in [0, 0.05) is 18.8 Å². The first-order chi connectivity index (χ1) is 15.5. The van der Waals surface area contributed by atoms with Gasteiger partial charge in [0.15, 0.2) is 16.7 Å². The van der Waals surface area contributed by atoms with Crippen molar-refractivity contribution in [1.82, 2.24) is 14.8 Å². The topological polar surface area (TPSA) is 61.6 Å². The highest BCUT2D eigenvalue weighted by atomic mass is 32.2. The molecule has 0 bridgehead atoms. The maximum absolute atomic E-state index is 14.0. The van der Waals surface area contributed by atoms with Gasteiger partial charge in [-0.15, -0.1) is 10.2 Å². The number of hydrogen-bond donors (Lipinski definition) is 0. The highest BCUT2D eigenvalue weighted by Crippen LogP contribution is 2.33. The molecular weight excluding hydrogens is 445 g/mol. The third kappa shape index (κ3) is 5.10. The third-order valence-electron chi connectivity index (χ3n) is 4.79. The van der Waals surface area contributed by atoms with Crippen LogP contribution in [0.25, 0.3) is 5.69 Å². The van der Waals surface area contributed by atoms with Crippen LogP contribution in [0.1, 0.15) is 5.56 Å². The molecule has 32 heavy (non-hydrogen) atoms. The SMILES string of the molecule is COc1cc(CSc2nnc(N3CCOCC3)n2-c2cccc(F)c2)ccc1OC(F)F. The number of ether oxygens (including phenoxy) is 3. The minimum atomic E-state index is -2.94. The van der Waals surface area contributed by atoms with Gasteiger partial charge in [-0.1, -0.05) is 23.9 Å². The summed E-state index contributed by atoms with van der Waals surface area (Å²) in [6.45, 7) is -0.481. The van der Waals surface area contributed by atoms with Gasteiger partial charge in [-0.05, 0) is 35.9 Å². The van der Waals surface area contributed by atoms with E-state index in [2.05, 4.69) is 14.9 Å². The van der Waals surface area contributed by atoms with E-state index in [9.17, 15) is 13.2 Å². The summed E-state index contributed by atoms with van der Waals surface area (Å²) < 4.78 is 55.9. The fourth-order valence-corrected chi connectivity index (χ4v) is 4.20. The molecule has 1 aliphatic heterocycles. The lowest BCUT2D eigenvalue weighted by atomic mass is 10.2. The van der Waals surface area contributed by atoms with Crippen LogP contribution in [0.2, 0.25) is 0 Å². The molecule has 1 aromatic heterocycles. The average Bonchev–Trinajstić information content (AvgIpc) is 3.22. The van der Waals surface area contributed by atoms with Crippen molar-refractivity contribution in [2.75, 3.05) is 38.3 Å². The molecule has 170 valence electrons. The number of thioether (sulfide) groups is 1. The molecule has 0 unspecified atom stereocenters. The standard InChI is InChI=1S/C21H21F3N4O3S/c1-29-18-11-14(5-6-17(18)31-19(23)24)13-32-21-26-25-20(27-7-9-30-10-8-27)28(21)16-4-2-3-15(22)12-16/h2-6,11-12,19H,7-10,13H2,1H3. The van der Waals surface area contributed by atoms with Crippen molar-refractivity contribution in [1.29, 1.82) is 0 Å². The molecule has 0 amide bonds. The van der Waals surface area contributed by atoms with Gasteiger partial charge in [0.25, 0.3) is 0 Å². The summed E-state index contributed by atoms with van der Waals surface area (Å²) >= 11 is 1.39. The van der Waals surface area contributed by atoms with E-state index in [1.807, 2.05) is 9.47 Å². The van der Waals surface area contributed by atoms with E-state index < -0.39 is 6.61 Å². The maximum Gasteiger partial charge on any atom is 0.387 e. The molecule has 2 heterocycles. The molecule has 4 rings (SSSR count). The molecule has 0 saturated carbocycles. The van der Waals surface area contributed by atoms with Crippen LogP contribution in [0.4, 0.5) is 19.1 Å². The minimum Gasteiger partial charge on any atom is -0.493 e. The summed E-state index contributed by atoms with van der Waals surface area (Å²) in [7, 11) is 1.39. The van der Waals surface area contributed by atoms with Gasteiger partial charge in [0.2, 0.25) is 5.95 Å². The van der Waals surface area contributed by atoms with Crippen LogP contribution in [0.5, 0.6) is 11.5 Å². The van der Waals surface area contributed by atoms with Crippen molar-refractivity contribution in [2.24, 2.45) is 0 Å². The quantitative estimate of drug-likeness (QED) is 0.463. The highest BCUT2D eigenvalue weighted by molar-refractivity contribution is 7.98. The summed E-state index contributed by atoms with van der Waals surface area (Å²) in [6, 6.07) is 11.0. The Bertz CT molecular complexity index is 1060. The molecule has 7 nitrogen and oxygen atoms in total. The molecule has 0 radical (unpaired) electrons. The van der Waals surface area contributed by atoms with E-state index in [1.54, 1.807) is 24.3 Å². The average molecular weight is 466 g/mol. The lowest BCUT2D eigenvalue weighted by molar-refractivity contribution is -0.0512. The van der Waals surface area contributed by atoms with Gasteiger partial charge in [0.05, 0.1) is 26.0 Å².